The maximum Gasteiger partial charge on any atom is 0.416 e. The molecule has 1 fully saturated rings. The van der Waals surface area contributed by atoms with Gasteiger partial charge in [0.25, 0.3) is 0 Å². The fourth-order valence-electron chi connectivity index (χ4n) is 3.47. The predicted molar refractivity (Wildman–Crippen MR) is 89.7 cm³/mol. The zero-order chi connectivity index (χ0) is 18.7. The summed E-state index contributed by atoms with van der Waals surface area (Å²) in [5.74, 6) is 0.278. The van der Waals surface area contributed by atoms with Gasteiger partial charge in [0.1, 0.15) is 6.07 Å². The van der Waals surface area contributed by atoms with Crippen LogP contribution in [0.4, 0.5) is 18.9 Å². The van der Waals surface area contributed by atoms with Gasteiger partial charge in [-0.1, -0.05) is 0 Å². The monoisotopic (exact) mass is 364 g/mol. The molecule has 1 saturated heterocycles. The quantitative estimate of drug-likeness (QED) is 0.905. The number of anilines is 1. The zero-order valence-electron chi connectivity index (χ0n) is 14.1. The van der Waals surface area contributed by atoms with Gasteiger partial charge in [0.2, 0.25) is 0 Å². The van der Waals surface area contributed by atoms with Crippen molar-refractivity contribution >= 4 is 5.69 Å². The maximum absolute atomic E-state index is 12.8. The molecule has 8 heteroatoms. The van der Waals surface area contributed by atoms with Gasteiger partial charge in [0.05, 0.1) is 30.0 Å². The normalized spacial score (nSPS) is 15.9. The van der Waals surface area contributed by atoms with Crippen molar-refractivity contribution in [3.05, 3.63) is 47.3 Å². The molecular weight excluding hydrogens is 345 g/mol. The highest BCUT2D eigenvalue weighted by Gasteiger charge is 2.32. The SMILES string of the molecule is N#Cc1cc(C(F)(F)F)ccc1N1CCC(c2ccnn2CCO)CC1. The first-order valence-electron chi connectivity index (χ1n) is 8.43. The van der Waals surface area contributed by atoms with Crippen LogP contribution in [0.2, 0.25) is 0 Å². The molecule has 138 valence electrons. The Balaban J connectivity index is 1.74. The molecule has 0 atom stereocenters. The summed E-state index contributed by atoms with van der Waals surface area (Å²) in [6.45, 7) is 1.76. The van der Waals surface area contributed by atoms with Crippen LogP contribution in [0.1, 0.15) is 35.6 Å². The van der Waals surface area contributed by atoms with Crippen molar-refractivity contribution in [3.8, 4) is 6.07 Å². The molecule has 1 N–H and O–H groups in total. The second kappa shape index (κ2) is 7.38. The number of hydrogen-bond donors (Lipinski definition) is 1. The summed E-state index contributed by atoms with van der Waals surface area (Å²) in [6.07, 6.45) is -1.13. The van der Waals surface area contributed by atoms with Crippen LogP contribution in [0.15, 0.2) is 30.5 Å². The number of nitrogens with zero attached hydrogens (tertiary/aromatic N) is 4. The number of hydrogen-bond acceptors (Lipinski definition) is 4. The van der Waals surface area contributed by atoms with Gasteiger partial charge in [-0.2, -0.15) is 23.5 Å². The van der Waals surface area contributed by atoms with Crippen LogP contribution >= 0.6 is 0 Å². The fraction of sp³-hybridized carbons (Fsp3) is 0.444. The lowest BCUT2D eigenvalue weighted by atomic mass is 9.92. The lowest BCUT2D eigenvalue weighted by Gasteiger charge is -2.34. The largest absolute Gasteiger partial charge is 0.416 e. The lowest BCUT2D eigenvalue weighted by molar-refractivity contribution is -0.137. The third-order valence-corrected chi connectivity index (χ3v) is 4.76. The smallest absolute Gasteiger partial charge is 0.394 e. The van der Waals surface area contributed by atoms with Gasteiger partial charge in [-0.15, -0.1) is 0 Å². The number of benzene rings is 1. The highest BCUT2D eigenvalue weighted by molar-refractivity contribution is 5.61. The van der Waals surface area contributed by atoms with Crippen LogP contribution in [0, 0.1) is 11.3 Å². The van der Waals surface area contributed by atoms with E-state index in [9.17, 15) is 18.4 Å². The van der Waals surface area contributed by atoms with Crippen molar-refractivity contribution < 1.29 is 18.3 Å². The summed E-state index contributed by atoms with van der Waals surface area (Å²) in [5.41, 5.74) is 0.846. The van der Waals surface area contributed by atoms with Crippen molar-refractivity contribution in [2.75, 3.05) is 24.6 Å². The van der Waals surface area contributed by atoms with E-state index < -0.39 is 11.7 Å². The van der Waals surface area contributed by atoms with E-state index in [4.69, 9.17) is 5.11 Å². The summed E-state index contributed by atoms with van der Waals surface area (Å²) in [4.78, 5) is 1.96. The second-order valence-corrected chi connectivity index (χ2v) is 6.31. The van der Waals surface area contributed by atoms with Gasteiger partial charge in [-0.3, -0.25) is 4.68 Å². The van der Waals surface area contributed by atoms with Gasteiger partial charge >= 0.3 is 6.18 Å². The van der Waals surface area contributed by atoms with Gasteiger partial charge in [-0.25, -0.2) is 0 Å². The number of piperidine rings is 1. The zero-order valence-corrected chi connectivity index (χ0v) is 14.1. The van der Waals surface area contributed by atoms with E-state index in [0.29, 0.717) is 25.3 Å². The molecule has 0 amide bonds. The molecule has 0 spiro atoms. The topological polar surface area (TPSA) is 65.1 Å². The summed E-state index contributed by atoms with van der Waals surface area (Å²) in [7, 11) is 0. The Labute approximate surface area is 149 Å². The highest BCUT2D eigenvalue weighted by Crippen LogP contribution is 2.35. The molecule has 1 aliphatic heterocycles. The molecule has 26 heavy (non-hydrogen) atoms. The minimum absolute atomic E-state index is 0.0185. The van der Waals surface area contributed by atoms with Crippen molar-refractivity contribution in [1.29, 1.82) is 5.26 Å². The predicted octanol–water partition coefficient (Wildman–Crippen LogP) is 3.15. The third-order valence-electron chi connectivity index (χ3n) is 4.76. The summed E-state index contributed by atoms with van der Waals surface area (Å²) >= 11 is 0. The van der Waals surface area contributed by atoms with E-state index in [1.807, 2.05) is 17.0 Å². The van der Waals surface area contributed by atoms with Gasteiger partial charge < -0.3 is 10.0 Å². The Kier molecular flexibility index (Phi) is 5.18. The van der Waals surface area contributed by atoms with Crippen molar-refractivity contribution in [2.24, 2.45) is 0 Å². The number of rotatable bonds is 4. The molecule has 0 unspecified atom stereocenters. The molecule has 1 aromatic heterocycles. The molecule has 5 nitrogen and oxygen atoms in total. The van der Waals surface area contributed by atoms with Crippen LogP contribution < -0.4 is 4.90 Å². The standard InChI is InChI=1S/C18H19F3N4O/c19-18(20,21)15-1-2-16(14(11-15)12-22)24-7-4-13(5-8-24)17-3-6-23-25(17)9-10-26/h1-3,6,11,13,26H,4-5,7-10H2. The Bertz CT molecular complexity index is 801. The number of aliphatic hydroxyl groups excluding tert-OH is 1. The first-order chi connectivity index (χ1) is 12.4. The maximum atomic E-state index is 12.8. The van der Waals surface area contributed by atoms with Crippen molar-refractivity contribution in [1.82, 2.24) is 9.78 Å². The van der Waals surface area contributed by atoms with E-state index in [2.05, 4.69) is 5.10 Å². The molecule has 2 heterocycles. The van der Waals surface area contributed by atoms with Gasteiger partial charge in [0.15, 0.2) is 0 Å². The summed E-state index contributed by atoms with van der Waals surface area (Å²) in [5, 5.41) is 22.6. The Morgan fingerprint density at radius 2 is 1.96 bits per heavy atom. The number of aromatic nitrogens is 2. The number of nitriles is 1. The number of halogens is 3. The van der Waals surface area contributed by atoms with E-state index in [-0.39, 0.29) is 18.1 Å². The van der Waals surface area contributed by atoms with Crippen molar-refractivity contribution in [3.63, 3.8) is 0 Å². The Hall–Kier alpha value is -2.53. The Morgan fingerprint density at radius 3 is 2.58 bits per heavy atom. The van der Waals surface area contributed by atoms with Crippen LogP contribution in [-0.4, -0.2) is 34.6 Å². The first-order valence-corrected chi connectivity index (χ1v) is 8.43. The van der Waals surface area contributed by atoms with E-state index in [1.165, 1.54) is 6.07 Å². The summed E-state index contributed by atoms with van der Waals surface area (Å²) < 4.78 is 40.3. The van der Waals surface area contributed by atoms with E-state index >= 15 is 0 Å². The molecule has 2 aromatic rings. The molecule has 3 rings (SSSR count). The van der Waals surface area contributed by atoms with Crippen LogP contribution in [-0.2, 0) is 12.7 Å². The fourth-order valence-corrected chi connectivity index (χ4v) is 3.47. The minimum Gasteiger partial charge on any atom is -0.394 e. The molecule has 1 aliphatic rings. The number of alkyl halides is 3. The molecule has 1 aromatic carbocycles. The summed E-state index contributed by atoms with van der Waals surface area (Å²) in [6, 6.07) is 7.15. The van der Waals surface area contributed by atoms with Crippen LogP contribution in [0.5, 0.6) is 0 Å². The molecule has 0 aliphatic carbocycles. The second-order valence-electron chi connectivity index (χ2n) is 6.31. The van der Waals surface area contributed by atoms with Crippen LogP contribution in [0.3, 0.4) is 0 Å². The third kappa shape index (κ3) is 3.68. The van der Waals surface area contributed by atoms with E-state index in [1.54, 1.807) is 10.9 Å². The Morgan fingerprint density at radius 1 is 1.23 bits per heavy atom. The molecule has 0 bridgehead atoms. The minimum atomic E-state index is -4.46. The van der Waals surface area contributed by atoms with Gasteiger partial charge in [-0.05, 0) is 37.1 Å². The van der Waals surface area contributed by atoms with Gasteiger partial charge in [0, 0.05) is 30.9 Å². The molecular formula is C18H19F3N4O. The van der Waals surface area contributed by atoms with E-state index in [0.717, 1.165) is 30.7 Å². The average Bonchev–Trinajstić information content (AvgIpc) is 3.09. The molecule has 0 saturated carbocycles. The number of aliphatic hydroxyl groups is 1. The highest BCUT2D eigenvalue weighted by atomic mass is 19.4. The average molecular weight is 364 g/mol. The van der Waals surface area contributed by atoms with Crippen LogP contribution in [0.25, 0.3) is 0 Å². The van der Waals surface area contributed by atoms with Crippen molar-refractivity contribution in [2.45, 2.75) is 31.5 Å². The first kappa shape index (κ1) is 18.3. The lowest BCUT2D eigenvalue weighted by Crippen LogP contribution is -2.34. The molecule has 0 radical (unpaired) electrons.